The molecule has 2 aromatic rings. The van der Waals surface area contributed by atoms with Gasteiger partial charge in [-0.1, -0.05) is 18.2 Å². The number of aromatic nitrogens is 1. The molecule has 1 N–H and O–H groups in total. The van der Waals surface area contributed by atoms with Crippen LogP contribution in [-0.2, 0) is 27.1 Å². The Morgan fingerprint density at radius 3 is 2.39 bits per heavy atom. The van der Waals surface area contributed by atoms with E-state index in [1.165, 1.54) is 14.2 Å². The first-order chi connectivity index (χ1) is 8.56. The first kappa shape index (κ1) is 12.6. The fourth-order valence-corrected chi connectivity index (χ4v) is 2.18. The Balaban J connectivity index is 2.72. The number of hydrogen-bond acceptors (Lipinski definition) is 3. The summed E-state index contributed by atoms with van der Waals surface area (Å²) in [6, 6.07) is 9.38. The predicted molar refractivity (Wildman–Crippen MR) is 66.3 cm³/mol. The largest absolute Gasteiger partial charge is 0.477 e. The van der Waals surface area contributed by atoms with Crippen LogP contribution in [0.15, 0.2) is 30.3 Å². The third kappa shape index (κ3) is 1.60. The second-order valence-electron chi connectivity index (χ2n) is 3.98. The average Bonchev–Trinajstić information content (AvgIpc) is 2.70. The van der Waals surface area contributed by atoms with E-state index in [1.54, 1.807) is 17.7 Å². The third-order valence-electron chi connectivity index (χ3n) is 3.15. The van der Waals surface area contributed by atoms with Crippen molar-refractivity contribution in [3.8, 4) is 0 Å². The van der Waals surface area contributed by atoms with Crippen LogP contribution < -0.4 is 0 Å². The maximum Gasteiger partial charge on any atom is 0.371 e. The van der Waals surface area contributed by atoms with Gasteiger partial charge in [0.2, 0.25) is 0 Å². The second kappa shape index (κ2) is 4.44. The summed E-state index contributed by atoms with van der Waals surface area (Å²) in [4.78, 5) is 11.4. The molecule has 96 valence electrons. The molecule has 0 amide bonds. The van der Waals surface area contributed by atoms with Crippen LogP contribution >= 0.6 is 0 Å². The van der Waals surface area contributed by atoms with Crippen molar-refractivity contribution in [3.05, 3.63) is 36.0 Å². The van der Waals surface area contributed by atoms with Crippen molar-refractivity contribution < 1.29 is 19.4 Å². The minimum absolute atomic E-state index is 0.446. The van der Waals surface area contributed by atoms with Crippen molar-refractivity contribution in [3.63, 3.8) is 0 Å². The van der Waals surface area contributed by atoms with Crippen LogP contribution in [-0.4, -0.2) is 29.9 Å². The number of ether oxygens (including phenoxy) is 2. The van der Waals surface area contributed by atoms with Gasteiger partial charge in [-0.15, -0.1) is 0 Å². The molecule has 0 spiro atoms. The molecular formula is C13H15NO4. The Labute approximate surface area is 105 Å². The number of carboxylic acid groups (broad SMARTS) is 1. The van der Waals surface area contributed by atoms with Gasteiger partial charge in [0.15, 0.2) is 0 Å². The molecule has 0 atom stereocenters. The second-order valence-corrected chi connectivity index (χ2v) is 3.98. The summed E-state index contributed by atoms with van der Waals surface area (Å²) in [5.41, 5.74) is 1.37. The lowest BCUT2D eigenvalue weighted by Gasteiger charge is -2.26. The fraction of sp³-hybridized carbons (Fsp3) is 0.308. The lowest BCUT2D eigenvalue weighted by Crippen LogP contribution is -2.41. The maximum atomic E-state index is 11.4. The zero-order valence-corrected chi connectivity index (χ0v) is 10.5. The lowest BCUT2D eigenvalue weighted by molar-refractivity contribution is -0.233. The molecule has 0 aliphatic carbocycles. The minimum Gasteiger partial charge on any atom is -0.477 e. The van der Waals surface area contributed by atoms with Gasteiger partial charge in [0, 0.05) is 32.2 Å². The molecule has 0 unspecified atom stereocenters. The van der Waals surface area contributed by atoms with Gasteiger partial charge in [0.1, 0.15) is 0 Å². The van der Waals surface area contributed by atoms with Crippen LogP contribution in [0.3, 0.4) is 0 Å². The van der Waals surface area contributed by atoms with E-state index in [4.69, 9.17) is 9.47 Å². The van der Waals surface area contributed by atoms with Gasteiger partial charge in [-0.05, 0) is 12.1 Å². The number of para-hydroxylation sites is 1. The van der Waals surface area contributed by atoms with Gasteiger partial charge in [-0.25, -0.2) is 4.79 Å². The van der Waals surface area contributed by atoms with E-state index in [2.05, 4.69) is 0 Å². The van der Waals surface area contributed by atoms with Crippen molar-refractivity contribution in [2.24, 2.45) is 7.05 Å². The summed E-state index contributed by atoms with van der Waals surface area (Å²) in [5.74, 6) is -2.97. The Hall–Kier alpha value is -1.85. The molecule has 5 nitrogen and oxygen atoms in total. The molecule has 1 aromatic carbocycles. The molecule has 1 aromatic heterocycles. The molecule has 0 aliphatic rings. The number of carboxylic acids is 1. The van der Waals surface area contributed by atoms with E-state index in [9.17, 15) is 9.90 Å². The van der Waals surface area contributed by atoms with Crippen LogP contribution in [0.2, 0.25) is 0 Å². The monoisotopic (exact) mass is 249 g/mol. The van der Waals surface area contributed by atoms with Crippen molar-refractivity contribution in [1.82, 2.24) is 4.57 Å². The molecule has 0 aliphatic heterocycles. The standard InChI is InChI=1S/C13H15NO4/c1-14-10-7-5-4-6-9(10)8-11(14)13(17-2,18-3)12(15)16/h4-8H,1-3H3,(H,15,16). The minimum atomic E-state index is -1.78. The molecule has 0 saturated heterocycles. The molecule has 2 rings (SSSR count). The highest BCUT2D eigenvalue weighted by molar-refractivity contribution is 5.85. The van der Waals surface area contributed by atoms with Crippen LogP contribution in [0, 0.1) is 0 Å². The summed E-state index contributed by atoms with van der Waals surface area (Å²) in [6.45, 7) is 0. The number of hydrogen-bond donors (Lipinski definition) is 1. The highest BCUT2D eigenvalue weighted by atomic mass is 16.7. The van der Waals surface area contributed by atoms with Crippen molar-refractivity contribution >= 4 is 16.9 Å². The number of carbonyl (C=O) groups is 1. The van der Waals surface area contributed by atoms with Crippen molar-refractivity contribution in [2.75, 3.05) is 14.2 Å². The van der Waals surface area contributed by atoms with Crippen LogP contribution in [0.5, 0.6) is 0 Å². The van der Waals surface area contributed by atoms with E-state index in [1.807, 2.05) is 24.3 Å². The average molecular weight is 249 g/mol. The zero-order chi connectivity index (χ0) is 13.3. The zero-order valence-electron chi connectivity index (χ0n) is 10.5. The van der Waals surface area contributed by atoms with Gasteiger partial charge >= 0.3 is 11.8 Å². The van der Waals surface area contributed by atoms with Gasteiger partial charge < -0.3 is 19.1 Å². The van der Waals surface area contributed by atoms with Gasteiger partial charge in [0.25, 0.3) is 0 Å². The van der Waals surface area contributed by atoms with Crippen LogP contribution in [0.4, 0.5) is 0 Å². The molecule has 0 saturated carbocycles. The molecule has 0 fully saturated rings. The number of fused-ring (bicyclic) bond motifs is 1. The summed E-state index contributed by atoms with van der Waals surface area (Å²) >= 11 is 0. The van der Waals surface area contributed by atoms with E-state index < -0.39 is 11.8 Å². The smallest absolute Gasteiger partial charge is 0.371 e. The predicted octanol–water partition coefficient (Wildman–Crippen LogP) is 1.71. The summed E-state index contributed by atoms with van der Waals surface area (Å²) in [5, 5.41) is 10.3. The maximum absolute atomic E-state index is 11.4. The Morgan fingerprint density at radius 2 is 1.89 bits per heavy atom. The van der Waals surface area contributed by atoms with Crippen molar-refractivity contribution in [1.29, 1.82) is 0 Å². The molecule has 1 heterocycles. The SMILES string of the molecule is COC(OC)(C(=O)O)c1cc2ccccc2n1C. The first-order valence-corrected chi connectivity index (χ1v) is 5.45. The number of benzene rings is 1. The highest BCUT2D eigenvalue weighted by Gasteiger charge is 2.44. The number of rotatable bonds is 4. The summed E-state index contributed by atoms with van der Waals surface area (Å²) < 4.78 is 12.0. The van der Waals surface area contributed by atoms with E-state index in [0.717, 1.165) is 10.9 Å². The lowest BCUT2D eigenvalue weighted by atomic mass is 10.1. The van der Waals surface area contributed by atoms with Gasteiger partial charge in [-0.3, -0.25) is 0 Å². The number of methoxy groups -OCH3 is 2. The Kier molecular flexibility index (Phi) is 3.11. The molecular weight excluding hydrogens is 234 g/mol. The first-order valence-electron chi connectivity index (χ1n) is 5.45. The quantitative estimate of drug-likeness (QED) is 0.838. The Bertz CT molecular complexity index is 584. The third-order valence-corrected chi connectivity index (χ3v) is 3.15. The van der Waals surface area contributed by atoms with Gasteiger partial charge in [0.05, 0.1) is 5.69 Å². The van der Waals surface area contributed by atoms with Crippen LogP contribution in [0.25, 0.3) is 10.9 Å². The highest BCUT2D eigenvalue weighted by Crippen LogP contribution is 2.31. The van der Waals surface area contributed by atoms with E-state index >= 15 is 0 Å². The number of aryl methyl sites for hydroxylation is 1. The van der Waals surface area contributed by atoms with Crippen molar-refractivity contribution in [2.45, 2.75) is 5.79 Å². The Morgan fingerprint density at radius 1 is 1.28 bits per heavy atom. The van der Waals surface area contributed by atoms with Gasteiger partial charge in [-0.2, -0.15) is 0 Å². The van der Waals surface area contributed by atoms with E-state index in [-0.39, 0.29) is 0 Å². The number of aliphatic carboxylic acids is 1. The normalized spacial score (nSPS) is 11.9. The summed E-state index contributed by atoms with van der Waals surface area (Å²) in [7, 11) is 4.41. The van der Waals surface area contributed by atoms with Crippen LogP contribution in [0.1, 0.15) is 5.69 Å². The topological polar surface area (TPSA) is 60.7 Å². The number of nitrogens with zero attached hydrogens (tertiary/aromatic N) is 1. The molecule has 0 radical (unpaired) electrons. The molecule has 0 bridgehead atoms. The van der Waals surface area contributed by atoms with E-state index in [0.29, 0.717) is 5.69 Å². The molecule has 18 heavy (non-hydrogen) atoms. The fourth-order valence-electron chi connectivity index (χ4n) is 2.18. The summed E-state index contributed by atoms with van der Waals surface area (Å²) in [6.07, 6.45) is 0. The molecule has 5 heteroatoms.